The smallest absolute Gasteiger partial charge is 0.317 e. The third kappa shape index (κ3) is 6.02. The van der Waals surface area contributed by atoms with Crippen molar-refractivity contribution in [2.45, 2.75) is 77.9 Å². The molecule has 3 rings (SSSR count). The summed E-state index contributed by atoms with van der Waals surface area (Å²) in [6.45, 7) is 9.88. The number of piperidine rings is 2. The van der Waals surface area contributed by atoms with Gasteiger partial charge in [0.1, 0.15) is 6.04 Å². The van der Waals surface area contributed by atoms with Gasteiger partial charge in [0.15, 0.2) is 0 Å². The highest BCUT2D eigenvalue weighted by Crippen LogP contribution is 2.25. The topological polar surface area (TPSA) is 81.8 Å². The molecule has 7 nitrogen and oxygen atoms in total. The van der Waals surface area contributed by atoms with Crippen LogP contribution in [-0.2, 0) is 4.79 Å². The molecule has 2 atom stereocenters. The van der Waals surface area contributed by atoms with E-state index >= 15 is 0 Å². The average Bonchev–Trinajstić information content (AvgIpc) is 2.77. The maximum absolute atomic E-state index is 13.6. The Morgan fingerprint density at radius 3 is 2.19 bits per heavy atom. The monoisotopic (exact) mass is 442 g/mol. The fraction of sp³-hybridized carbons (Fsp3) is 0.640. The van der Waals surface area contributed by atoms with Gasteiger partial charge in [-0.3, -0.25) is 9.59 Å². The van der Waals surface area contributed by atoms with E-state index in [1.807, 2.05) is 42.7 Å². The molecule has 0 aliphatic carbocycles. The van der Waals surface area contributed by atoms with Crippen molar-refractivity contribution in [3.05, 3.63) is 35.4 Å². The molecule has 176 valence electrons. The van der Waals surface area contributed by atoms with Crippen molar-refractivity contribution >= 4 is 17.8 Å². The van der Waals surface area contributed by atoms with E-state index in [0.717, 1.165) is 31.4 Å². The summed E-state index contributed by atoms with van der Waals surface area (Å²) in [5.41, 5.74) is 1.65. The predicted octanol–water partition coefficient (Wildman–Crippen LogP) is 3.32. The largest absolute Gasteiger partial charge is 0.340 e. The zero-order valence-corrected chi connectivity index (χ0v) is 19.9. The Morgan fingerprint density at radius 1 is 0.938 bits per heavy atom. The van der Waals surface area contributed by atoms with Gasteiger partial charge in [0.05, 0.1) is 0 Å². The van der Waals surface area contributed by atoms with E-state index in [2.05, 4.69) is 17.6 Å². The lowest BCUT2D eigenvalue weighted by atomic mass is 9.87. The summed E-state index contributed by atoms with van der Waals surface area (Å²) in [7, 11) is 0. The molecule has 2 aliphatic heterocycles. The van der Waals surface area contributed by atoms with E-state index < -0.39 is 6.04 Å². The Balaban J connectivity index is 1.73. The van der Waals surface area contributed by atoms with Gasteiger partial charge in [-0.1, -0.05) is 17.7 Å². The van der Waals surface area contributed by atoms with E-state index in [1.165, 1.54) is 0 Å². The molecule has 0 spiro atoms. The molecule has 0 saturated carbocycles. The summed E-state index contributed by atoms with van der Waals surface area (Å²) in [5.74, 6) is -0.190. The summed E-state index contributed by atoms with van der Waals surface area (Å²) in [4.78, 5) is 42.7. The lowest BCUT2D eigenvalue weighted by molar-refractivity contribution is -0.138. The minimum Gasteiger partial charge on any atom is -0.340 e. The fourth-order valence-corrected chi connectivity index (χ4v) is 4.69. The Morgan fingerprint density at radius 2 is 1.59 bits per heavy atom. The number of hydrogen-bond acceptors (Lipinski definition) is 3. The molecular weight excluding hydrogens is 404 g/mol. The first-order valence-electron chi connectivity index (χ1n) is 12.0. The van der Waals surface area contributed by atoms with Gasteiger partial charge in [0, 0.05) is 37.3 Å². The van der Waals surface area contributed by atoms with Gasteiger partial charge >= 0.3 is 6.03 Å². The predicted molar refractivity (Wildman–Crippen MR) is 125 cm³/mol. The van der Waals surface area contributed by atoms with Crippen LogP contribution in [0.15, 0.2) is 24.3 Å². The van der Waals surface area contributed by atoms with Crippen LogP contribution >= 0.6 is 0 Å². The van der Waals surface area contributed by atoms with Crippen molar-refractivity contribution in [3.8, 4) is 0 Å². The van der Waals surface area contributed by atoms with Crippen molar-refractivity contribution in [2.24, 2.45) is 5.92 Å². The van der Waals surface area contributed by atoms with Gasteiger partial charge in [-0.25, -0.2) is 4.79 Å². The van der Waals surface area contributed by atoms with Gasteiger partial charge in [0.2, 0.25) is 5.91 Å². The second kappa shape index (κ2) is 10.8. The van der Waals surface area contributed by atoms with Gasteiger partial charge in [-0.2, -0.15) is 0 Å². The first-order chi connectivity index (χ1) is 15.3. The number of hydrogen-bond donors (Lipinski definition) is 2. The van der Waals surface area contributed by atoms with Crippen molar-refractivity contribution in [1.82, 2.24) is 20.4 Å². The first-order valence-corrected chi connectivity index (χ1v) is 12.0. The number of benzene rings is 1. The Bertz CT molecular complexity index is 800. The SMILES string of the molecule is Cc1ccc(C(=O)N[C@H](C(=O)N2CCCC[C@H]2C)C2CCN(C(=O)NC(C)C)CC2)cc1. The number of nitrogens with zero attached hydrogens (tertiary/aromatic N) is 2. The molecule has 2 saturated heterocycles. The molecule has 0 radical (unpaired) electrons. The molecule has 2 aliphatic rings. The Hall–Kier alpha value is -2.57. The second-order valence-electron chi connectivity index (χ2n) is 9.62. The summed E-state index contributed by atoms with van der Waals surface area (Å²) in [6, 6.07) is 7.06. The van der Waals surface area contributed by atoms with Crippen molar-refractivity contribution in [1.29, 1.82) is 0 Å². The molecule has 0 aromatic heterocycles. The zero-order chi connectivity index (χ0) is 23.3. The van der Waals surface area contributed by atoms with Crippen LogP contribution in [0.1, 0.15) is 68.8 Å². The summed E-state index contributed by atoms with van der Waals surface area (Å²) in [5, 5.41) is 6.00. The quantitative estimate of drug-likeness (QED) is 0.734. The summed E-state index contributed by atoms with van der Waals surface area (Å²) < 4.78 is 0. The minimum absolute atomic E-state index is 0.00845. The highest BCUT2D eigenvalue weighted by atomic mass is 16.2. The Kier molecular flexibility index (Phi) is 8.15. The third-order valence-electron chi connectivity index (χ3n) is 6.66. The van der Waals surface area contributed by atoms with Gasteiger partial charge in [-0.15, -0.1) is 0 Å². The first kappa shape index (κ1) is 24.1. The van der Waals surface area contributed by atoms with E-state index in [9.17, 15) is 14.4 Å². The molecular formula is C25H38N4O3. The van der Waals surface area contributed by atoms with E-state index in [4.69, 9.17) is 0 Å². The number of carbonyl (C=O) groups excluding carboxylic acids is 3. The molecule has 32 heavy (non-hydrogen) atoms. The van der Waals surface area contributed by atoms with E-state index in [-0.39, 0.29) is 35.8 Å². The van der Waals surface area contributed by atoms with Crippen LogP contribution in [0.3, 0.4) is 0 Å². The molecule has 4 amide bonds. The molecule has 2 heterocycles. The third-order valence-corrected chi connectivity index (χ3v) is 6.66. The maximum atomic E-state index is 13.6. The van der Waals surface area contributed by atoms with Crippen LogP contribution in [0.2, 0.25) is 0 Å². The molecule has 1 aromatic carbocycles. The average molecular weight is 443 g/mol. The fourth-order valence-electron chi connectivity index (χ4n) is 4.69. The van der Waals surface area contributed by atoms with Gasteiger partial charge < -0.3 is 20.4 Å². The number of likely N-dealkylation sites (tertiary alicyclic amines) is 2. The highest BCUT2D eigenvalue weighted by molar-refractivity contribution is 5.97. The van der Waals surface area contributed by atoms with Crippen molar-refractivity contribution in [2.75, 3.05) is 19.6 Å². The number of rotatable bonds is 5. The van der Waals surface area contributed by atoms with Crippen LogP contribution in [0.5, 0.6) is 0 Å². The molecule has 7 heteroatoms. The van der Waals surface area contributed by atoms with Crippen LogP contribution in [0.25, 0.3) is 0 Å². The zero-order valence-electron chi connectivity index (χ0n) is 19.9. The standard InChI is InChI=1S/C25H38N4O3/c1-17(2)26-25(32)28-15-12-20(13-16-28)22(24(31)29-14-6-5-7-19(29)4)27-23(30)21-10-8-18(3)9-11-21/h8-11,17,19-20,22H,5-7,12-16H2,1-4H3,(H,26,32)(H,27,30)/t19-,22+/m1/s1. The normalized spacial score (nSPS) is 20.7. The van der Waals surface area contributed by atoms with Crippen LogP contribution < -0.4 is 10.6 Å². The van der Waals surface area contributed by atoms with Crippen LogP contribution in [-0.4, -0.2) is 65.4 Å². The maximum Gasteiger partial charge on any atom is 0.317 e. The number of nitrogens with one attached hydrogen (secondary N) is 2. The van der Waals surface area contributed by atoms with Gasteiger partial charge in [-0.05, 0) is 77.8 Å². The molecule has 0 bridgehead atoms. The molecule has 1 aromatic rings. The molecule has 0 unspecified atom stereocenters. The number of carbonyl (C=O) groups is 3. The molecule has 2 N–H and O–H groups in total. The summed E-state index contributed by atoms with van der Waals surface area (Å²) >= 11 is 0. The van der Waals surface area contributed by atoms with Crippen molar-refractivity contribution in [3.63, 3.8) is 0 Å². The van der Waals surface area contributed by atoms with E-state index in [0.29, 0.717) is 31.5 Å². The van der Waals surface area contributed by atoms with Crippen molar-refractivity contribution < 1.29 is 14.4 Å². The van der Waals surface area contributed by atoms with Crippen LogP contribution in [0, 0.1) is 12.8 Å². The van der Waals surface area contributed by atoms with E-state index in [1.54, 1.807) is 12.1 Å². The highest BCUT2D eigenvalue weighted by Gasteiger charge is 2.38. The Labute approximate surface area is 191 Å². The minimum atomic E-state index is -0.570. The summed E-state index contributed by atoms with van der Waals surface area (Å²) in [6.07, 6.45) is 4.52. The number of amides is 4. The number of aryl methyl sites for hydroxylation is 1. The lowest BCUT2D eigenvalue weighted by Gasteiger charge is -2.40. The number of urea groups is 1. The molecule has 2 fully saturated rings. The lowest BCUT2D eigenvalue weighted by Crippen LogP contribution is -2.57. The van der Waals surface area contributed by atoms with Crippen LogP contribution in [0.4, 0.5) is 4.79 Å². The van der Waals surface area contributed by atoms with Gasteiger partial charge in [0.25, 0.3) is 5.91 Å². The second-order valence-corrected chi connectivity index (χ2v) is 9.62.